The third-order valence-corrected chi connectivity index (χ3v) is 3.41. The summed E-state index contributed by atoms with van der Waals surface area (Å²) in [6.45, 7) is 6.95. The topological polar surface area (TPSA) is 66.7 Å². The number of oxime groups is 1. The van der Waals surface area contributed by atoms with Gasteiger partial charge in [-0.15, -0.1) is 0 Å². The van der Waals surface area contributed by atoms with E-state index in [0.717, 1.165) is 6.26 Å². The van der Waals surface area contributed by atoms with Crippen LogP contribution in [0.15, 0.2) is 5.16 Å². The first-order valence-electron chi connectivity index (χ1n) is 4.02. The van der Waals surface area contributed by atoms with Crippen LogP contribution in [-0.2, 0) is 9.84 Å². The summed E-state index contributed by atoms with van der Waals surface area (Å²) in [6, 6.07) is 0. The van der Waals surface area contributed by atoms with E-state index in [1.165, 1.54) is 6.92 Å². The summed E-state index contributed by atoms with van der Waals surface area (Å²) < 4.78 is 22.4. The summed E-state index contributed by atoms with van der Waals surface area (Å²) in [5.41, 5.74) is -0.146. The highest BCUT2D eigenvalue weighted by molar-refractivity contribution is 7.92. The van der Waals surface area contributed by atoms with Crippen LogP contribution in [0.3, 0.4) is 0 Å². The maximum Gasteiger partial charge on any atom is 0.155 e. The van der Waals surface area contributed by atoms with Gasteiger partial charge in [-0.3, -0.25) is 0 Å². The summed E-state index contributed by atoms with van der Waals surface area (Å²) in [4.78, 5) is 0. The van der Waals surface area contributed by atoms with Crippen LogP contribution in [0.4, 0.5) is 0 Å². The van der Waals surface area contributed by atoms with E-state index in [-0.39, 0.29) is 5.71 Å². The van der Waals surface area contributed by atoms with Gasteiger partial charge in [-0.1, -0.05) is 25.9 Å². The molecule has 1 atom stereocenters. The van der Waals surface area contributed by atoms with Crippen molar-refractivity contribution >= 4 is 15.5 Å². The number of hydrogen-bond acceptors (Lipinski definition) is 4. The predicted molar refractivity (Wildman–Crippen MR) is 53.0 cm³/mol. The van der Waals surface area contributed by atoms with Crippen molar-refractivity contribution in [2.24, 2.45) is 10.6 Å². The molecular formula is C8H17NO3S. The standard InChI is InChI=1S/C8H17NO3S/c1-6(13(5,11)12)7(9-10)8(2,3)4/h6,10H,1-5H3/b9-7-. The Labute approximate surface area is 79.6 Å². The highest BCUT2D eigenvalue weighted by Crippen LogP contribution is 2.21. The molecule has 0 heterocycles. The SMILES string of the molecule is CC(/C(=N/O)C(C)(C)C)S(C)(=O)=O. The van der Waals surface area contributed by atoms with Crippen LogP contribution in [0.1, 0.15) is 27.7 Å². The summed E-state index contributed by atoms with van der Waals surface area (Å²) in [5.74, 6) is 0. The maximum absolute atomic E-state index is 11.2. The summed E-state index contributed by atoms with van der Waals surface area (Å²) in [6.07, 6.45) is 1.13. The summed E-state index contributed by atoms with van der Waals surface area (Å²) in [7, 11) is -3.19. The Bertz CT molecular complexity index is 298. The second kappa shape index (κ2) is 3.65. The van der Waals surface area contributed by atoms with E-state index in [1.807, 2.05) is 20.8 Å². The lowest BCUT2D eigenvalue weighted by molar-refractivity contribution is 0.309. The molecule has 0 aromatic carbocycles. The Hall–Kier alpha value is -0.580. The Balaban J connectivity index is 5.08. The lowest BCUT2D eigenvalue weighted by Gasteiger charge is -2.23. The van der Waals surface area contributed by atoms with Gasteiger partial charge in [0.25, 0.3) is 0 Å². The van der Waals surface area contributed by atoms with Gasteiger partial charge in [-0.25, -0.2) is 8.42 Å². The largest absolute Gasteiger partial charge is 0.411 e. The van der Waals surface area contributed by atoms with Gasteiger partial charge in [0.05, 0.1) is 5.71 Å². The molecule has 0 aliphatic rings. The second-order valence-corrected chi connectivity index (χ2v) is 6.57. The van der Waals surface area contributed by atoms with Gasteiger partial charge < -0.3 is 5.21 Å². The van der Waals surface area contributed by atoms with Crippen molar-refractivity contribution in [3.63, 3.8) is 0 Å². The van der Waals surface area contributed by atoms with Crippen molar-refractivity contribution in [3.8, 4) is 0 Å². The van der Waals surface area contributed by atoms with E-state index in [1.54, 1.807) is 0 Å². The number of sulfone groups is 1. The lowest BCUT2D eigenvalue weighted by atomic mass is 9.88. The van der Waals surface area contributed by atoms with Crippen LogP contribution < -0.4 is 0 Å². The average molecular weight is 207 g/mol. The maximum atomic E-state index is 11.2. The molecule has 0 amide bonds. The molecule has 0 fully saturated rings. The molecule has 0 bridgehead atoms. The number of nitrogens with zero attached hydrogens (tertiary/aromatic N) is 1. The zero-order valence-electron chi connectivity index (χ0n) is 8.70. The Morgan fingerprint density at radius 3 is 1.85 bits per heavy atom. The van der Waals surface area contributed by atoms with Crippen LogP contribution in [0.5, 0.6) is 0 Å². The minimum atomic E-state index is -3.19. The van der Waals surface area contributed by atoms with Gasteiger partial charge in [0, 0.05) is 11.7 Å². The van der Waals surface area contributed by atoms with E-state index in [4.69, 9.17) is 5.21 Å². The molecule has 0 spiro atoms. The van der Waals surface area contributed by atoms with E-state index >= 15 is 0 Å². The first-order valence-corrected chi connectivity index (χ1v) is 5.97. The normalized spacial score (nSPS) is 17.2. The van der Waals surface area contributed by atoms with Gasteiger partial charge in [0.1, 0.15) is 5.25 Å². The van der Waals surface area contributed by atoms with E-state index in [2.05, 4.69) is 5.16 Å². The Morgan fingerprint density at radius 1 is 1.38 bits per heavy atom. The molecule has 1 N–H and O–H groups in total. The molecule has 0 saturated carbocycles. The first kappa shape index (κ1) is 12.4. The fourth-order valence-corrected chi connectivity index (χ4v) is 1.85. The molecule has 5 heteroatoms. The molecule has 4 nitrogen and oxygen atoms in total. The van der Waals surface area contributed by atoms with E-state index < -0.39 is 20.5 Å². The highest BCUT2D eigenvalue weighted by Gasteiger charge is 2.31. The Kier molecular flexibility index (Phi) is 3.49. The quantitative estimate of drug-likeness (QED) is 0.421. The third-order valence-electron chi connectivity index (χ3n) is 1.90. The first-order chi connectivity index (χ1) is 5.60. The fraction of sp³-hybridized carbons (Fsp3) is 0.875. The van der Waals surface area contributed by atoms with Crippen LogP contribution in [0.2, 0.25) is 0 Å². The smallest absolute Gasteiger partial charge is 0.155 e. The molecule has 13 heavy (non-hydrogen) atoms. The van der Waals surface area contributed by atoms with Crippen molar-refractivity contribution in [1.29, 1.82) is 0 Å². The average Bonchev–Trinajstić information content (AvgIpc) is 1.83. The van der Waals surface area contributed by atoms with Gasteiger partial charge >= 0.3 is 0 Å². The molecule has 0 aromatic rings. The van der Waals surface area contributed by atoms with Gasteiger partial charge in [-0.05, 0) is 6.92 Å². The summed E-state index contributed by atoms with van der Waals surface area (Å²) >= 11 is 0. The molecule has 0 aliphatic heterocycles. The minimum Gasteiger partial charge on any atom is -0.411 e. The summed E-state index contributed by atoms with van der Waals surface area (Å²) in [5, 5.41) is 11.0. The molecule has 0 radical (unpaired) electrons. The van der Waals surface area contributed by atoms with Crippen LogP contribution in [-0.4, -0.2) is 30.8 Å². The van der Waals surface area contributed by atoms with Gasteiger partial charge in [0.2, 0.25) is 0 Å². The van der Waals surface area contributed by atoms with Crippen molar-refractivity contribution in [2.75, 3.05) is 6.26 Å². The molecule has 1 unspecified atom stereocenters. The van der Waals surface area contributed by atoms with Crippen LogP contribution in [0.25, 0.3) is 0 Å². The zero-order chi connectivity index (χ0) is 10.9. The lowest BCUT2D eigenvalue weighted by Crippen LogP contribution is -2.35. The number of rotatable bonds is 2. The van der Waals surface area contributed by atoms with Gasteiger partial charge in [-0.2, -0.15) is 0 Å². The van der Waals surface area contributed by atoms with Crippen molar-refractivity contribution in [1.82, 2.24) is 0 Å². The second-order valence-electron chi connectivity index (χ2n) is 4.21. The zero-order valence-corrected chi connectivity index (χ0v) is 9.51. The van der Waals surface area contributed by atoms with Gasteiger partial charge in [0.15, 0.2) is 9.84 Å². The van der Waals surface area contributed by atoms with E-state index in [0.29, 0.717) is 0 Å². The van der Waals surface area contributed by atoms with E-state index in [9.17, 15) is 8.42 Å². The molecule has 0 rings (SSSR count). The molecule has 0 aromatic heterocycles. The highest BCUT2D eigenvalue weighted by atomic mass is 32.2. The van der Waals surface area contributed by atoms with Crippen molar-refractivity contribution < 1.29 is 13.6 Å². The van der Waals surface area contributed by atoms with Crippen LogP contribution >= 0.6 is 0 Å². The van der Waals surface area contributed by atoms with Crippen molar-refractivity contribution in [2.45, 2.75) is 32.9 Å². The molecular weight excluding hydrogens is 190 g/mol. The Morgan fingerprint density at radius 2 is 1.77 bits per heavy atom. The number of hydrogen-bond donors (Lipinski definition) is 1. The molecule has 78 valence electrons. The van der Waals surface area contributed by atoms with Crippen molar-refractivity contribution in [3.05, 3.63) is 0 Å². The monoisotopic (exact) mass is 207 g/mol. The molecule has 0 aliphatic carbocycles. The fourth-order valence-electron chi connectivity index (χ4n) is 1.04. The third kappa shape index (κ3) is 3.34. The molecule has 0 saturated heterocycles. The minimum absolute atomic E-state index is 0.287. The predicted octanol–water partition coefficient (Wildman–Crippen LogP) is 1.30. The van der Waals surface area contributed by atoms with Crippen LogP contribution in [0, 0.1) is 5.41 Å².